The van der Waals surface area contributed by atoms with E-state index in [1.165, 1.54) is 0 Å². The van der Waals surface area contributed by atoms with Crippen LogP contribution >= 0.6 is 0 Å². The van der Waals surface area contributed by atoms with Crippen molar-refractivity contribution in [3.8, 4) is 0 Å². The van der Waals surface area contributed by atoms with Crippen molar-refractivity contribution in [3.05, 3.63) is 59.7 Å². The molecule has 0 bridgehead atoms. The first kappa shape index (κ1) is 17.0. The third-order valence-corrected chi connectivity index (χ3v) is 5.37. The van der Waals surface area contributed by atoms with Crippen molar-refractivity contribution < 1.29 is 13.2 Å². The number of aryl methyl sites for hydroxylation is 1. The van der Waals surface area contributed by atoms with Gasteiger partial charge in [-0.1, -0.05) is 24.3 Å². The van der Waals surface area contributed by atoms with Crippen LogP contribution in [0.15, 0.2) is 53.4 Å². The third-order valence-electron chi connectivity index (χ3n) is 3.99. The molecule has 1 heterocycles. The van der Waals surface area contributed by atoms with E-state index in [-0.39, 0.29) is 4.90 Å². The lowest BCUT2D eigenvalue weighted by molar-refractivity contribution is 0.0342. The summed E-state index contributed by atoms with van der Waals surface area (Å²) < 4.78 is 33.1. The Hall–Kier alpha value is -1.89. The molecule has 1 saturated heterocycles. The number of nitrogens with zero attached hydrogens (tertiary/aromatic N) is 1. The quantitative estimate of drug-likeness (QED) is 0.904. The van der Waals surface area contributed by atoms with Gasteiger partial charge in [-0.15, -0.1) is 0 Å². The maximum Gasteiger partial charge on any atom is 0.261 e. The van der Waals surface area contributed by atoms with Crippen molar-refractivity contribution in [2.24, 2.45) is 0 Å². The average Bonchev–Trinajstić information content (AvgIpc) is 2.56. The smallest absolute Gasteiger partial charge is 0.261 e. The van der Waals surface area contributed by atoms with Gasteiger partial charge in [0.15, 0.2) is 0 Å². The topological polar surface area (TPSA) is 58.6 Å². The Bertz CT molecular complexity index is 799. The second-order valence-corrected chi connectivity index (χ2v) is 7.69. The van der Waals surface area contributed by atoms with Crippen molar-refractivity contribution >= 4 is 15.7 Å². The highest BCUT2D eigenvalue weighted by Crippen LogP contribution is 2.19. The van der Waals surface area contributed by atoms with Gasteiger partial charge in [-0.05, 0) is 42.3 Å². The van der Waals surface area contributed by atoms with E-state index in [9.17, 15) is 8.42 Å². The molecule has 2 aromatic rings. The largest absolute Gasteiger partial charge is 0.379 e. The normalized spacial score (nSPS) is 16.0. The molecule has 0 atom stereocenters. The van der Waals surface area contributed by atoms with Crippen LogP contribution in [0.2, 0.25) is 0 Å². The second kappa shape index (κ2) is 7.34. The number of benzene rings is 2. The predicted octanol–water partition coefficient (Wildman–Crippen LogP) is 2.63. The molecule has 1 fully saturated rings. The summed E-state index contributed by atoms with van der Waals surface area (Å²) in [7, 11) is -3.57. The van der Waals surface area contributed by atoms with Crippen molar-refractivity contribution in [2.75, 3.05) is 31.0 Å². The Balaban J connectivity index is 1.74. The van der Waals surface area contributed by atoms with Gasteiger partial charge in [0.1, 0.15) is 0 Å². The molecule has 3 rings (SSSR count). The minimum absolute atomic E-state index is 0.279. The summed E-state index contributed by atoms with van der Waals surface area (Å²) in [5.41, 5.74) is 2.59. The van der Waals surface area contributed by atoms with Gasteiger partial charge in [0.2, 0.25) is 0 Å². The maximum absolute atomic E-state index is 12.5. The second-order valence-electron chi connectivity index (χ2n) is 6.01. The highest BCUT2D eigenvalue weighted by Gasteiger charge is 2.15. The Morgan fingerprint density at radius 1 is 1.08 bits per heavy atom. The molecule has 1 aliphatic heterocycles. The van der Waals surface area contributed by atoms with E-state index in [1.54, 1.807) is 24.3 Å². The number of hydrogen-bond donors (Lipinski definition) is 1. The summed E-state index contributed by atoms with van der Waals surface area (Å²) >= 11 is 0. The zero-order valence-corrected chi connectivity index (χ0v) is 14.6. The fraction of sp³-hybridized carbons (Fsp3) is 0.333. The first-order valence-corrected chi connectivity index (χ1v) is 9.50. The minimum atomic E-state index is -3.57. The van der Waals surface area contributed by atoms with Gasteiger partial charge < -0.3 is 4.74 Å². The monoisotopic (exact) mass is 346 g/mol. The lowest BCUT2D eigenvalue weighted by Crippen LogP contribution is -2.35. The van der Waals surface area contributed by atoms with Crippen LogP contribution in [-0.4, -0.2) is 39.6 Å². The lowest BCUT2D eigenvalue weighted by atomic mass is 10.2. The highest BCUT2D eigenvalue weighted by atomic mass is 32.2. The molecular formula is C18H22N2O3S. The third kappa shape index (κ3) is 4.35. The number of sulfonamides is 1. The molecule has 1 N–H and O–H groups in total. The summed E-state index contributed by atoms with van der Waals surface area (Å²) in [5, 5.41) is 0. The molecular weight excluding hydrogens is 324 g/mol. The molecule has 0 aromatic heterocycles. The number of nitrogens with one attached hydrogen (secondary N) is 1. The number of morpholine rings is 1. The zero-order valence-electron chi connectivity index (χ0n) is 13.7. The number of rotatable bonds is 5. The SMILES string of the molecule is Cc1cccc(S(=O)(=O)Nc2cccc(CN3CCOCC3)c2)c1. The van der Waals surface area contributed by atoms with Crippen LogP contribution in [0.4, 0.5) is 5.69 Å². The molecule has 0 spiro atoms. The van der Waals surface area contributed by atoms with Crippen LogP contribution < -0.4 is 4.72 Å². The Morgan fingerprint density at radius 3 is 2.58 bits per heavy atom. The summed E-state index contributed by atoms with van der Waals surface area (Å²) in [6.07, 6.45) is 0. The van der Waals surface area contributed by atoms with E-state index >= 15 is 0 Å². The van der Waals surface area contributed by atoms with Crippen LogP contribution in [-0.2, 0) is 21.3 Å². The molecule has 1 aliphatic rings. The highest BCUT2D eigenvalue weighted by molar-refractivity contribution is 7.92. The van der Waals surface area contributed by atoms with E-state index in [1.807, 2.05) is 31.2 Å². The Labute approximate surface area is 143 Å². The number of ether oxygens (including phenoxy) is 1. The molecule has 2 aromatic carbocycles. The van der Waals surface area contributed by atoms with Crippen LogP contribution in [0, 0.1) is 6.92 Å². The fourth-order valence-electron chi connectivity index (χ4n) is 2.75. The standard InChI is InChI=1S/C18H22N2O3S/c1-15-4-2-7-18(12-15)24(21,22)19-17-6-3-5-16(13-17)14-20-8-10-23-11-9-20/h2-7,12-13,19H,8-11,14H2,1H3. The van der Waals surface area contributed by atoms with Gasteiger partial charge in [-0.25, -0.2) is 8.42 Å². The average molecular weight is 346 g/mol. The maximum atomic E-state index is 12.5. The van der Waals surface area contributed by atoms with E-state index in [0.29, 0.717) is 5.69 Å². The minimum Gasteiger partial charge on any atom is -0.379 e. The predicted molar refractivity (Wildman–Crippen MR) is 94.5 cm³/mol. The Kier molecular flexibility index (Phi) is 5.18. The number of anilines is 1. The van der Waals surface area contributed by atoms with Crippen molar-refractivity contribution in [2.45, 2.75) is 18.4 Å². The van der Waals surface area contributed by atoms with E-state index < -0.39 is 10.0 Å². The zero-order chi connectivity index (χ0) is 17.0. The van der Waals surface area contributed by atoms with E-state index in [2.05, 4.69) is 9.62 Å². The molecule has 0 saturated carbocycles. The van der Waals surface area contributed by atoms with Gasteiger partial charge in [0.05, 0.1) is 18.1 Å². The molecule has 0 radical (unpaired) electrons. The molecule has 0 unspecified atom stereocenters. The molecule has 6 heteroatoms. The van der Waals surface area contributed by atoms with Crippen molar-refractivity contribution in [1.82, 2.24) is 4.90 Å². The first-order valence-electron chi connectivity index (χ1n) is 8.01. The molecule has 0 amide bonds. The van der Waals surface area contributed by atoms with Gasteiger partial charge in [-0.3, -0.25) is 9.62 Å². The summed E-state index contributed by atoms with van der Waals surface area (Å²) in [5.74, 6) is 0. The summed E-state index contributed by atoms with van der Waals surface area (Å²) in [6, 6.07) is 14.5. The summed E-state index contributed by atoms with van der Waals surface area (Å²) in [6.45, 7) is 5.98. The molecule has 24 heavy (non-hydrogen) atoms. The van der Waals surface area contributed by atoms with Crippen LogP contribution in [0.3, 0.4) is 0 Å². The number of hydrogen-bond acceptors (Lipinski definition) is 4. The van der Waals surface area contributed by atoms with Gasteiger partial charge in [0, 0.05) is 25.3 Å². The van der Waals surface area contributed by atoms with Crippen LogP contribution in [0.5, 0.6) is 0 Å². The molecule has 128 valence electrons. The van der Waals surface area contributed by atoms with Gasteiger partial charge in [0.25, 0.3) is 10.0 Å². The van der Waals surface area contributed by atoms with Gasteiger partial charge in [-0.2, -0.15) is 0 Å². The first-order chi connectivity index (χ1) is 11.5. The molecule has 0 aliphatic carbocycles. The van der Waals surface area contributed by atoms with Crippen LogP contribution in [0.25, 0.3) is 0 Å². The fourth-order valence-corrected chi connectivity index (χ4v) is 3.90. The van der Waals surface area contributed by atoms with Crippen molar-refractivity contribution in [3.63, 3.8) is 0 Å². The van der Waals surface area contributed by atoms with Crippen LogP contribution in [0.1, 0.15) is 11.1 Å². The van der Waals surface area contributed by atoms with E-state index in [0.717, 1.165) is 44.0 Å². The van der Waals surface area contributed by atoms with E-state index in [4.69, 9.17) is 4.74 Å². The Morgan fingerprint density at radius 2 is 1.83 bits per heavy atom. The molecule has 5 nitrogen and oxygen atoms in total. The lowest BCUT2D eigenvalue weighted by Gasteiger charge is -2.26. The summed E-state index contributed by atoms with van der Waals surface area (Å²) in [4.78, 5) is 2.58. The van der Waals surface area contributed by atoms with Crippen molar-refractivity contribution in [1.29, 1.82) is 0 Å². The van der Waals surface area contributed by atoms with Gasteiger partial charge >= 0.3 is 0 Å².